The van der Waals surface area contributed by atoms with E-state index in [1.54, 1.807) is 0 Å². The van der Waals surface area contributed by atoms with Crippen molar-refractivity contribution in [3.63, 3.8) is 0 Å². The Morgan fingerprint density at radius 3 is 2.71 bits per heavy atom. The van der Waals surface area contributed by atoms with Gasteiger partial charge in [-0.3, -0.25) is 14.9 Å². The maximum absolute atomic E-state index is 12.1. The van der Waals surface area contributed by atoms with E-state index in [1.165, 1.54) is 0 Å². The topological polar surface area (TPSA) is 84.5 Å². The summed E-state index contributed by atoms with van der Waals surface area (Å²) in [6.07, 6.45) is 1.31. The first-order valence-corrected chi connectivity index (χ1v) is 6.93. The molecule has 1 aromatic carbocycles. The molecule has 110 valence electrons. The van der Waals surface area contributed by atoms with Gasteiger partial charge in [0.1, 0.15) is 12.1 Å². The van der Waals surface area contributed by atoms with E-state index >= 15 is 0 Å². The zero-order chi connectivity index (χ0) is 14.9. The molecule has 2 aliphatic rings. The average Bonchev–Trinajstić information content (AvgIpc) is 3.02. The van der Waals surface area contributed by atoms with Crippen LogP contribution in [0.25, 0.3) is 0 Å². The SMILES string of the molecule is O=C1NC(=O)C2(CCC(C(=O)OCc3ccccc3)C2)N1. The van der Waals surface area contributed by atoms with Crippen molar-refractivity contribution in [3.05, 3.63) is 35.9 Å². The molecular weight excluding hydrogens is 272 g/mol. The van der Waals surface area contributed by atoms with Crippen LogP contribution in [0.15, 0.2) is 30.3 Å². The molecule has 0 aromatic heterocycles. The van der Waals surface area contributed by atoms with Crippen molar-refractivity contribution in [1.82, 2.24) is 10.6 Å². The number of imide groups is 1. The Balaban J connectivity index is 1.58. The standard InChI is InChI=1S/C15H16N2O4/c18-12(21-9-10-4-2-1-3-5-10)11-6-7-15(8-11)13(19)16-14(20)17-15/h1-5,11H,6-9H2,(H2,16,17,19,20). The van der Waals surface area contributed by atoms with Crippen LogP contribution >= 0.6 is 0 Å². The Kier molecular flexibility index (Phi) is 3.37. The molecule has 2 unspecified atom stereocenters. The molecule has 2 fully saturated rings. The third kappa shape index (κ3) is 2.61. The second-order valence-electron chi connectivity index (χ2n) is 5.52. The molecule has 0 radical (unpaired) electrons. The lowest BCUT2D eigenvalue weighted by Crippen LogP contribution is -2.44. The van der Waals surface area contributed by atoms with Gasteiger partial charge in [-0.05, 0) is 24.8 Å². The third-order valence-electron chi connectivity index (χ3n) is 4.09. The van der Waals surface area contributed by atoms with Crippen LogP contribution in [0.4, 0.5) is 4.79 Å². The number of benzene rings is 1. The number of hydrogen-bond acceptors (Lipinski definition) is 4. The predicted molar refractivity (Wildman–Crippen MR) is 73.0 cm³/mol. The molecule has 6 nitrogen and oxygen atoms in total. The minimum atomic E-state index is -0.923. The van der Waals surface area contributed by atoms with Gasteiger partial charge in [0.15, 0.2) is 0 Å². The van der Waals surface area contributed by atoms with Gasteiger partial charge < -0.3 is 10.1 Å². The highest BCUT2D eigenvalue weighted by molar-refractivity contribution is 6.07. The van der Waals surface area contributed by atoms with Crippen molar-refractivity contribution in [1.29, 1.82) is 0 Å². The van der Waals surface area contributed by atoms with Crippen LogP contribution in [-0.2, 0) is 20.9 Å². The normalized spacial score (nSPS) is 27.5. The number of carbonyl (C=O) groups is 3. The number of amides is 3. The molecule has 0 bridgehead atoms. The zero-order valence-corrected chi connectivity index (χ0v) is 11.4. The number of esters is 1. The molecule has 2 N–H and O–H groups in total. The van der Waals surface area contributed by atoms with Crippen LogP contribution in [0.2, 0.25) is 0 Å². The maximum atomic E-state index is 12.1. The number of nitrogens with one attached hydrogen (secondary N) is 2. The van der Waals surface area contributed by atoms with Crippen molar-refractivity contribution in [2.45, 2.75) is 31.4 Å². The average molecular weight is 288 g/mol. The molecule has 1 aliphatic carbocycles. The van der Waals surface area contributed by atoms with Crippen LogP contribution in [-0.4, -0.2) is 23.4 Å². The minimum Gasteiger partial charge on any atom is -0.461 e. The summed E-state index contributed by atoms with van der Waals surface area (Å²) >= 11 is 0. The van der Waals surface area contributed by atoms with Crippen molar-refractivity contribution in [2.75, 3.05) is 0 Å². The summed E-state index contributed by atoms with van der Waals surface area (Å²) in [5.74, 6) is -1.01. The van der Waals surface area contributed by atoms with Crippen LogP contribution in [0.3, 0.4) is 0 Å². The van der Waals surface area contributed by atoms with Crippen LogP contribution in [0.1, 0.15) is 24.8 Å². The number of ether oxygens (including phenoxy) is 1. The first-order chi connectivity index (χ1) is 10.1. The predicted octanol–water partition coefficient (Wildman–Crippen LogP) is 1.11. The highest BCUT2D eigenvalue weighted by Crippen LogP contribution is 2.37. The highest BCUT2D eigenvalue weighted by atomic mass is 16.5. The molecule has 2 atom stereocenters. The lowest BCUT2D eigenvalue weighted by molar-refractivity contribution is -0.149. The smallest absolute Gasteiger partial charge is 0.322 e. The molecule has 1 spiro atoms. The van der Waals surface area contributed by atoms with Crippen molar-refractivity contribution >= 4 is 17.9 Å². The quantitative estimate of drug-likeness (QED) is 0.644. The van der Waals surface area contributed by atoms with Crippen molar-refractivity contribution in [2.24, 2.45) is 5.92 Å². The highest BCUT2D eigenvalue weighted by Gasteiger charge is 2.52. The summed E-state index contributed by atoms with van der Waals surface area (Å²) in [5, 5.41) is 4.86. The lowest BCUT2D eigenvalue weighted by Gasteiger charge is -2.19. The fourth-order valence-electron chi connectivity index (χ4n) is 2.94. The van der Waals surface area contributed by atoms with E-state index in [4.69, 9.17) is 4.74 Å². The van der Waals surface area contributed by atoms with Gasteiger partial charge in [0.2, 0.25) is 0 Å². The van der Waals surface area contributed by atoms with Crippen LogP contribution in [0, 0.1) is 5.92 Å². The molecule has 1 aromatic rings. The third-order valence-corrected chi connectivity index (χ3v) is 4.09. The largest absolute Gasteiger partial charge is 0.461 e. The number of urea groups is 1. The van der Waals surface area contributed by atoms with E-state index in [-0.39, 0.29) is 24.4 Å². The van der Waals surface area contributed by atoms with E-state index in [1.807, 2.05) is 30.3 Å². The molecular formula is C15H16N2O4. The van der Waals surface area contributed by atoms with Crippen molar-refractivity contribution < 1.29 is 19.1 Å². The number of carbonyl (C=O) groups excluding carboxylic acids is 3. The van der Waals surface area contributed by atoms with E-state index in [0.29, 0.717) is 19.3 Å². The van der Waals surface area contributed by atoms with Gasteiger partial charge in [0, 0.05) is 0 Å². The molecule has 3 rings (SSSR count). The van der Waals surface area contributed by atoms with Gasteiger partial charge in [0.05, 0.1) is 5.92 Å². The Labute approximate surface area is 121 Å². The molecule has 1 saturated heterocycles. The van der Waals surface area contributed by atoms with Gasteiger partial charge in [0.25, 0.3) is 5.91 Å². The Hall–Kier alpha value is -2.37. The fourth-order valence-corrected chi connectivity index (χ4v) is 2.94. The first kappa shape index (κ1) is 13.6. The van der Waals surface area contributed by atoms with Gasteiger partial charge in [-0.1, -0.05) is 30.3 Å². The Morgan fingerprint density at radius 2 is 2.05 bits per heavy atom. The maximum Gasteiger partial charge on any atom is 0.322 e. The first-order valence-electron chi connectivity index (χ1n) is 6.93. The van der Waals surface area contributed by atoms with E-state index in [2.05, 4.69) is 10.6 Å². The lowest BCUT2D eigenvalue weighted by atomic mass is 9.96. The Morgan fingerprint density at radius 1 is 1.29 bits per heavy atom. The molecule has 6 heteroatoms. The number of hydrogen-bond donors (Lipinski definition) is 2. The van der Waals surface area contributed by atoms with Gasteiger partial charge in [-0.2, -0.15) is 0 Å². The summed E-state index contributed by atoms with van der Waals surface area (Å²) in [6, 6.07) is 8.94. The van der Waals surface area contributed by atoms with Gasteiger partial charge in [-0.15, -0.1) is 0 Å². The number of rotatable bonds is 3. The second-order valence-corrected chi connectivity index (χ2v) is 5.52. The van der Waals surface area contributed by atoms with Crippen LogP contribution in [0.5, 0.6) is 0 Å². The van der Waals surface area contributed by atoms with Gasteiger partial charge >= 0.3 is 12.0 Å². The summed E-state index contributed by atoms with van der Waals surface area (Å²) < 4.78 is 5.29. The molecule has 1 saturated carbocycles. The zero-order valence-electron chi connectivity index (χ0n) is 11.4. The second kappa shape index (κ2) is 5.20. The molecule has 1 heterocycles. The summed E-state index contributed by atoms with van der Waals surface area (Å²) in [7, 11) is 0. The van der Waals surface area contributed by atoms with E-state index in [0.717, 1.165) is 5.56 Å². The fraction of sp³-hybridized carbons (Fsp3) is 0.400. The van der Waals surface area contributed by atoms with Gasteiger partial charge in [-0.25, -0.2) is 4.79 Å². The van der Waals surface area contributed by atoms with Crippen LogP contribution < -0.4 is 10.6 Å². The van der Waals surface area contributed by atoms with E-state index in [9.17, 15) is 14.4 Å². The van der Waals surface area contributed by atoms with E-state index < -0.39 is 11.6 Å². The minimum absolute atomic E-state index is 0.224. The molecule has 3 amide bonds. The summed E-state index contributed by atoms with van der Waals surface area (Å²) in [4.78, 5) is 35.1. The monoisotopic (exact) mass is 288 g/mol. The Bertz CT molecular complexity index is 587. The molecule has 21 heavy (non-hydrogen) atoms. The summed E-state index contributed by atoms with van der Waals surface area (Å²) in [6.45, 7) is 0.224. The van der Waals surface area contributed by atoms with Crippen molar-refractivity contribution in [3.8, 4) is 0 Å². The summed E-state index contributed by atoms with van der Waals surface area (Å²) in [5.41, 5.74) is -0.00136. The molecule has 1 aliphatic heterocycles.